The van der Waals surface area contributed by atoms with Gasteiger partial charge in [0.05, 0.1) is 20.5 Å². The number of nitrogens with zero attached hydrogens (tertiary/aromatic N) is 1. The fourth-order valence-electron chi connectivity index (χ4n) is 4.35. The molecule has 1 atom stereocenters. The number of benzene rings is 2. The summed E-state index contributed by atoms with van der Waals surface area (Å²) in [6.07, 6.45) is 0.944. The topological polar surface area (TPSA) is 109 Å². The highest BCUT2D eigenvalue weighted by atomic mass is 35.5. The molecule has 1 aliphatic rings. The van der Waals surface area contributed by atoms with Gasteiger partial charge in [-0.25, -0.2) is 0 Å². The Bertz CT molecular complexity index is 1520. The molecule has 0 bridgehead atoms. The van der Waals surface area contributed by atoms with E-state index in [0.717, 1.165) is 10.9 Å². The van der Waals surface area contributed by atoms with Crippen LogP contribution in [0.4, 0.5) is 0 Å². The number of furan rings is 1. The number of fused-ring (bicyclic) bond motifs is 2. The smallest absolute Gasteiger partial charge is 0.289 e. The number of nitrogens with one attached hydrogen (secondary N) is 2. The van der Waals surface area contributed by atoms with Gasteiger partial charge in [0.1, 0.15) is 17.9 Å². The van der Waals surface area contributed by atoms with Crippen molar-refractivity contribution in [2.75, 3.05) is 13.1 Å². The second kappa shape index (κ2) is 11.0. The van der Waals surface area contributed by atoms with Gasteiger partial charge in [-0.05, 0) is 47.2 Å². The first-order valence-corrected chi connectivity index (χ1v) is 13.3. The minimum absolute atomic E-state index is 0.0422. The van der Waals surface area contributed by atoms with E-state index in [-0.39, 0.29) is 46.3 Å². The van der Waals surface area contributed by atoms with Gasteiger partial charge in [0.25, 0.3) is 17.7 Å². The number of halogens is 2. The van der Waals surface area contributed by atoms with Crippen LogP contribution in [0, 0.1) is 0 Å². The molecule has 0 fully saturated rings. The average molecular weight is 570 g/mol. The Morgan fingerprint density at radius 1 is 1.11 bits per heavy atom. The van der Waals surface area contributed by atoms with Crippen molar-refractivity contribution in [2.24, 2.45) is 0 Å². The normalized spacial score (nSPS) is 13.6. The van der Waals surface area contributed by atoms with E-state index in [1.165, 1.54) is 11.3 Å². The Balaban J connectivity index is 1.29. The molecular formula is C27H21Cl2N3O5S. The molecule has 0 unspecified atom stereocenters. The second-order valence-electron chi connectivity index (χ2n) is 8.71. The quantitative estimate of drug-likeness (QED) is 0.313. The number of aldehydes is 1. The summed E-state index contributed by atoms with van der Waals surface area (Å²) in [5, 5.41) is 8.07. The summed E-state index contributed by atoms with van der Waals surface area (Å²) in [6.45, 7) is 0.528. The maximum Gasteiger partial charge on any atom is 0.289 e. The van der Waals surface area contributed by atoms with E-state index in [1.807, 2.05) is 18.2 Å². The maximum absolute atomic E-state index is 13.1. The Morgan fingerprint density at radius 2 is 1.92 bits per heavy atom. The van der Waals surface area contributed by atoms with Crippen LogP contribution in [-0.4, -0.2) is 48.0 Å². The fraction of sp³-hybridized carbons (Fsp3) is 0.185. The predicted octanol–water partition coefficient (Wildman–Crippen LogP) is 4.73. The van der Waals surface area contributed by atoms with Crippen LogP contribution in [0.15, 0.2) is 58.3 Å². The summed E-state index contributed by atoms with van der Waals surface area (Å²) in [5.41, 5.74) is 2.11. The predicted molar refractivity (Wildman–Crippen MR) is 145 cm³/mol. The first kappa shape index (κ1) is 26.0. The van der Waals surface area contributed by atoms with Crippen molar-refractivity contribution in [1.82, 2.24) is 15.5 Å². The van der Waals surface area contributed by atoms with Gasteiger partial charge in [-0.3, -0.25) is 14.4 Å². The lowest BCUT2D eigenvalue weighted by Crippen LogP contribution is -2.45. The third-order valence-corrected chi connectivity index (χ3v) is 7.85. The van der Waals surface area contributed by atoms with E-state index >= 15 is 0 Å². The molecule has 194 valence electrons. The van der Waals surface area contributed by atoms with Crippen LogP contribution in [0.1, 0.15) is 41.7 Å². The van der Waals surface area contributed by atoms with Crippen LogP contribution in [-0.2, 0) is 17.8 Å². The lowest BCUT2D eigenvalue weighted by atomic mass is 9.96. The molecule has 0 radical (unpaired) electrons. The van der Waals surface area contributed by atoms with E-state index in [4.69, 9.17) is 27.6 Å². The van der Waals surface area contributed by atoms with Crippen LogP contribution < -0.4 is 10.6 Å². The van der Waals surface area contributed by atoms with Crippen LogP contribution in [0.3, 0.4) is 0 Å². The summed E-state index contributed by atoms with van der Waals surface area (Å²) < 4.78 is 5.72. The Morgan fingerprint density at radius 3 is 2.66 bits per heavy atom. The standard InChI is InChI=1S/C27H21Cl2N3O5S/c28-19-10-16-13-32(27(36)21-11-15-4-1-2-5-20(15)37-21)8-7-18(16)24(29)23(19)26(35)31-17(14-33)12-30-25(34)22-6-3-9-38-22/h1-6,9-11,14,17H,7-8,12-13H2,(H,30,34)(H,31,35)/t17-/m0/s1. The molecule has 1 aliphatic heterocycles. The zero-order valence-electron chi connectivity index (χ0n) is 19.8. The molecule has 0 saturated heterocycles. The fourth-order valence-corrected chi connectivity index (χ4v) is 5.75. The van der Waals surface area contributed by atoms with E-state index in [2.05, 4.69) is 10.6 Å². The number of carbonyl (C=O) groups is 4. The van der Waals surface area contributed by atoms with Crippen molar-refractivity contribution in [3.05, 3.63) is 91.3 Å². The molecule has 8 nitrogen and oxygen atoms in total. The van der Waals surface area contributed by atoms with Crippen molar-refractivity contribution < 1.29 is 23.6 Å². The molecule has 2 N–H and O–H groups in total. The zero-order chi connectivity index (χ0) is 26.8. The molecule has 5 rings (SSSR count). The lowest BCUT2D eigenvalue weighted by Gasteiger charge is -2.30. The SMILES string of the molecule is O=C[C@H](CNC(=O)c1cccs1)NC(=O)c1c(Cl)cc2c(c1Cl)CCN(C(=O)c1cc3ccccc3o1)C2. The Hall–Kier alpha value is -3.66. The molecule has 38 heavy (non-hydrogen) atoms. The van der Waals surface area contributed by atoms with E-state index < -0.39 is 11.9 Å². The monoisotopic (exact) mass is 569 g/mol. The highest BCUT2D eigenvalue weighted by Gasteiger charge is 2.29. The van der Waals surface area contributed by atoms with Gasteiger partial charge in [-0.1, -0.05) is 47.5 Å². The highest BCUT2D eigenvalue weighted by molar-refractivity contribution is 7.12. The Labute approximate surface area is 231 Å². The van der Waals surface area contributed by atoms with Gasteiger partial charge in [-0.2, -0.15) is 0 Å². The summed E-state index contributed by atoms with van der Waals surface area (Å²) in [5.74, 6) is -0.980. The van der Waals surface area contributed by atoms with Crippen molar-refractivity contribution in [1.29, 1.82) is 0 Å². The van der Waals surface area contributed by atoms with E-state index in [0.29, 0.717) is 35.3 Å². The van der Waals surface area contributed by atoms with E-state index in [9.17, 15) is 19.2 Å². The van der Waals surface area contributed by atoms with Crippen LogP contribution in [0.5, 0.6) is 0 Å². The molecule has 11 heteroatoms. The molecule has 3 amide bonds. The van der Waals surface area contributed by atoms with Crippen LogP contribution in [0.2, 0.25) is 10.0 Å². The number of thiophene rings is 1. The van der Waals surface area contributed by atoms with Gasteiger partial charge in [0, 0.05) is 25.0 Å². The molecule has 0 aliphatic carbocycles. The van der Waals surface area contributed by atoms with Crippen molar-refractivity contribution in [3.8, 4) is 0 Å². The summed E-state index contributed by atoms with van der Waals surface area (Å²) in [6, 6.07) is 13.1. The number of hydrogen-bond donors (Lipinski definition) is 2. The highest BCUT2D eigenvalue weighted by Crippen LogP contribution is 2.35. The van der Waals surface area contributed by atoms with E-state index in [1.54, 1.807) is 40.6 Å². The summed E-state index contributed by atoms with van der Waals surface area (Å²) in [4.78, 5) is 52.0. The zero-order valence-corrected chi connectivity index (χ0v) is 22.2. The summed E-state index contributed by atoms with van der Waals surface area (Å²) in [7, 11) is 0. The van der Waals surface area contributed by atoms with Crippen LogP contribution in [0.25, 0.3) is 11.0 Å². The average Bonchev–Trinajstić information content (AvgIpc) is 3.60. The molecule has 0 spiro atoms. The third-order valence-electron chi connectivity index (χ3n) is 6.26. The van der Waals surface area contributed by atoms with Gasteiger partial charge >= 0.3 is 0 Å². The summed E-state index contributed by atoms with van der Waals surface area (Å²) >= 11 is 14.3. The number of carbonyl (C=O) groups excluding carboxylic acids is 4. The molecule has 2 aromatic heterocycles. The third kappa shape index (κ3) is 5.18. The number of hydrogen-bond acceptors (Lipinski definition) is 6. The molecular weight excluding hydrogens is 549 g/mol. The maximum atomic E-state index is 13.1. The minimum atomic E-state index is -0.980. The number of rotatable bonds is 7. The van der Waals surface area contributed by atoms with Crippen molar-refractivity contribution in [2.45, 2.75) is 19.0 Å². The van der Waals surface area contributed by atoms with Gasteiger partial charge < -0.3 is 24.7 Å². The van der Waals surface area contributed by atoms with Gasteiger partial charge in [0.2, 0.25) is 0 Å². The van der Waals surface area contributed by atoms with Crippen molar-refractivity contribution >= 4 is 69.5 Å². The first-order chi connectivity index (χ1) is 18.4. The second-order valence-corrected chi connectivity index (χ2v) is 10.4. The minimum Gasteiger partial charge on any atom is -0.451 e. The molecule has 4 aromatic rings. The van der Waals surface area contributed by atoms with Crippen molar-refractivity contribution in [3.63, 3.8) is 0 Å². The molecule has 3 heterocycles. The van der Waals surface area contributed by atoms with Gasteiger partial charge in [-0.15, -0.1) is 11.3 Å². The largest absolute Gasteiger partial charge is 0.451 e. The lowest BCUT2D eigenvalue weighted by molar-refractivity contribution is -0.109. The molecule has 0 saturated carbocycles. The van der Waals surface area contributed by atoms with Crippen LogP contribution >= 0.6 is 34.5 Å². The first-order valence-electron chi connectivity index (χ1n) is 11.7. The molecule has 2 aromatic carbocycles. The Kier molecular flexibility index (Phi) is 7.51. The number of amides is 3. The number of para-hydroxylation sites is 1. The van der Waals surface area contributed by atoms with Gasteiger partial charge in [0.15, 0.2) is 5.76 Å².